The van der Waals surface area contributed by atoms with Crippen molar-refractivity contribution in [2.24, 2.45) is 0 Å². The first kappa shape index (κ1) is 27.9. The molecular weight excluding hydrogens is 566 g/mol. The molecule has 0 fully saturated rings. The maximum absolute atomic E-state index is 13.3. The molecule has 1 aliphatic rings. The second-order valence-corrected chi connectivity index (χ2v) is 11.1. The van der Waals surface area contributed by atoms with Crippen molar-refractivity contribution in [2.45, 2.75) is 49.4 Å². The van der Waals surface area contributed by atoms with E-state index in [-0.39, 0.29) is 11.4 Å². The number of hydrogen-bond donors (Lipinski definition) is 0. The molecule has 0 N–H and O–H groups in total. The normalized spacial score (nSPS) is 13.0. The average Bonchev–Trinajstić information content (AvgIpc) is 3.65. The number of aromatic nitrogens is 5. The summed E-state index contributed by atoms with van der Waals surface area (Å²) in [4.78, 5) is 21.6. The zero-order chi connectivity index (χ0) is 29.3. The number of benzene rings is 3. The van der Waals surface area contributed by atoms with Gasteiger partial charge in [0.2, 0.25) is 0 Å². The molecule has 42 heavy (non-hydrogen) atoms. The Hall–Kier alpha value is -4.25. The topological polar surface area (TPSA) is 65.6 Å². The lowest BCUT2D eigenvalue weighted by atomic mass is 10.0. The minimum Gasteiger partial charge on any atom is -0.316 e. The van der Waals surface area contributed by atoms with Crippen LogP contribution < -0.4 is 5.56 Å². The number of rotatable bonds is 8. The largest absolute Gasteiger partial charge is 0.416 e. The van der Waals surface area contributed by atoms with Crippen LogP contribution in [0, 0.1) is 5.82 Å². The molecule has 0 unspecified atom stereocenters. The second-order valence-electron chi connectivity index (χ2n) is 10.1. The van der Waals surface area contributed by atoms with Gasteiger partial charge in [-0.2, -0.15) is 23.3 Å². The van der Waals surface area contributed by atoms with E-state index in [9.17, 15) is 22.4 Å². The van der Waals surface area contributed by atoms with Crippen LogP contribution in [-0.2, 0) is 37.9 Å². The Labute approximate surface area is 243 Å². The molecule has 0 saturated carbocycles. The van der Waals surface area contributed by atoms with Gasteiger partial charge in [-0.15, -0.1) is 0 Å². The summed E-state index contributed by atoms with van der Waals surface area (Å²) in [7, 11) is 0. The molecule has 1 aliphatic carbocycles. The van der Waals surface area contributed by atoms with Crippen LogP contribution in [0.2, 0.25) is 0 Å². The first-order valence-corrected chi connectivity index (χ1v) is 14.4. The van der Waals surface area contributed by atoms with Gasteiger partial charge in [0, 0.05) is 17.0 Å². The van der Waals surface area contributed by atoms with E-state index >= 15 is 0 Å². The van der Waals surface area contributed by atoms with E-state index in [1.807, 2.05) is 28.8 Å². The Morgan fingerprint density at radius 1 is 0.833 bits per heavy atom. The zero-order valence-corrected chi connectivity index (χ0v) is 23.1. The molecule has 5 aromatic rings. The first-order chi connectivity index (χ1) is 20.2. The maximum Gasteiger partial charge on any atom is 0.416 e. The molecule has 2 aromatic heterocycles. The standard InChI is InChI=1S/C31H25F4N5OS/c32-25-14-6-21(7-15-25)18-42-30-37-29(41)26-2-1-3-27(26)40(30)17-28-36-19-39(38-28)16-20-4-8-22(9-5-20)23-10-12-24(13-11-23)31(33,34)35/h4-15,19H,1-3,16-18H2. The van der Waals surface area contributed by atoms with E-state index < -0.39 is 11.7 Å². The molecule has 214 valence electrons. The van der Waals surface area contributed by atoms with E-state index in [0.29, 0.717) is 41.8 Å². The van der Waals surface area contributed by atoms with Crippen LogP contribution in [0.5, 0.6) is 0 Å². The van der Waals surface area contributed by atoms with Gasteiger partial charge in [-0.25, -0.2) is 14.1 Å². The molecule has 0 amide bonds. The molecule has 0 saturated heterocycles. The third kappa shape index (κ3) is 6.15. The predicted octanol–water partition coefficient (Wildman–Crippen LogP) is 6.54. The summed E-state index contributed by atoms with van der Waals surface area (Å²) >= 11 is 1.43. The molecule has 6 nitrogen and oxygen atoms in total. The highest BCUT2D eigenvalue weighted by molar-refractivity contribution is 7.98. The second kappa shape index (κ2) is 11.6. The number of hydrogen-bond acceptors (Lipinski definition) is 5. The summed E-state index contributed by atoms with van der Waals surface area (Å²) < 4.78 is 55.7. The van der Waals surface area contributed by atoms with Gasteiger partial charge in [0.15, 0.2) is 11.0 Å². The Balaban J connectivity index is 1.17. The highest BCUT2D eigenvalue weighted by Crippen LogP contribution is 2.31. The predicted molar refractivity (Wildman–Crippen MR) is 152 cm³/mol. The third-order valence-corrected chi connectivity index (χ3v) is 8.26. The molecule has 6 rings (SSSR count). The van der Waals surface area contributed by atoms with Crippen molar-refractivity contribution in [1.29, 1.82) is 0 Å². The maximum atomic E-state index is 13.3. The van der Waals surface area contributed by atoms with Crippen LogP contribution in [-0.4, -0.2) is 24.3 Å². The first-order valence-electron chi connectivity index (χ1n) is 13.4. The van der Waals surface area contributed by atoms with Crippen molar-refractivity contribution in [2.75, 3.05) is 0 Å². The fourth-order valence-electron chi connectivity index (χ4n) is 5.05. The van der Waals surface area contributed by atoms with Gasteiger partial charge in [-0.1, -0.05) is 60.3 Å². The number of alkyl halides is 3. The summed E-state index contributed by atoms with van der Waals surface area (Å²) in [5, 5.41) is 5.24. The van der Waals surface area contributed by atoms with Gasteiger partial charge in [0.05, 0.1) is 18.7 Å². The van der Waals surface area contributed by atoms with Crippen molar-refractivity contribution in [3.05, 3.63) is 129 Å². The number of nitrogens with zero attached hydrogens (tertiary/aromatic N) is 5. The molecule has 3 aromatic carbocycles. The van der Waals surface area contributed by atoms with Gasteiger partial charge in [-0.05, 0) is 65.8 Å². The Morgan fingerprint density at radius 2 is 1.50 bits per heavy atom. The van der Waals surface area contributed by atoms with E-state index in [2.05, 4.69) is 15.1 Å². The van der Waals surface area contributed by atoms with Gasteiger partial charge in [-0.3, -0.25) is 4.79 Å². The molecule has 2 heterocycles. The zero-order valence-electron chi connectivity index (χ0n) is 22.3. The van der Waals surface area contributed by atoms with Crippen LogP contribution >= 0.6 is 11.8 Å². The van der Waals surface area contributed by atoms with E-state index in [4.69, 9.17) is 0 Å². The average molecular weight is 592 g/mol. The summed E-state index contributed by atoms with van der Waals surface area (Å²) in [5.41, 5.74) is 4.24. The molecular formula is C31H25F4N5OS. The van der Waals surface area contributed by atoms with Crippen molar-refractivity contribution in [1.82, 2.24) is 24.3 Å². The summed E-state index contributed by atoms with van der Waals surface area (Å²) in [5.74, 6) is 0.822. The van der Waals surface area contributed by atoms with Gasteiger partial charge < -0.3 is 4.57 Å². The van der Waals surface area contributed by atoms with Crippen molar-refractivity contribution >= 4 is 11.8 Å². The molecule has 11 heteroatoms. The number of halogens is 4. The molecule has 0 spiro atoms. The van der Waals surface area contributed by atoms with Crippen LogP contribution in [0.25, 0.3) is 11.1 Å². The van der Waals surface area contributed by atoms with E-state index in [0.717, 1.165) is 52.9 Å². The molecule has 0 bridgehead atoms. The highest BCUT2D eigenvalue weighted by Gasteiger charge is 2.30. The lowest BCUT2D eigenvalue weighted by molar-refractivity contribution is -0.137. The quantitative estimate of drug-likeness (QED) is 0.117. The lowest BCUT2D eigenvalue weighted by Gasteiger charge is -2.15. The number of fused-ring (bicyclic) bond motifs is 1. The Morgan fingerprint density at radius 3 is 2.19 bits per heavy atom. The monoisotopic (exact) mass is 591 g/mol. The van der Waals surface area contributed by atoms with E-state index in [1.165, 1.54) is 36.0 Å². The van der Waals surface area contributed by atoms with E-state index in [1.54, 1.807) is 23.1 Å². The van der Waals surface area contributed by atoms with Crippen LogP contribution in [0.4, 0.5) is 17.6 Å². The van der Waals surface area contributed by atoms with Crippen molar-refractivity contribution in [3.63, 3.8) is 0 Å². The molecule has 0 atom stereocenters. The van der Waals surface area contributed by atoms with Crippen molar-refractivity contribution in [3.8, 4) is 11.1 Å². The smallest absolute Gasteiger partial charge is 0.316 e. The summed E-state index contributed by atoms with van der Waals surface area (Å²) in [6.45, 7) is 0.828. The Bertz CT molecular complexity index is 1760. The minimum atomic E-state index is -4.36. The SMILES string of the molecule is O=c1nc(SCc2ccc(F)cc2)n(Cc2ncn(Cc3ccc(-c4ccc(C(F)(F)F)cc4)cc3)n2)c2c1CCC2. The fourth-order valence-corrected chi connectivity index (χ4v) is 6.02. The van der Waals surface area contributed by atoms with Gasteiger partial charge >= 0.3 is 6.18 Å². The fraction of sp³-hybridized carbons (Fsp3) is 0.226. The summed E-state index contributed by atoms with van der Waals surface area (Å²) in [6.07, 6.45) is -0.334. The van der Waals surface area contributed by atoms with Crippen LogP contribution in [0.15, 0.2) is 89.1 Å². The number of thioether (sulfide) groups is 1. The van der Waals surface area contributed by atoms with Gasteiger partial charge in [0.25, 0.3) is 5.56 Å². The lowest BCUT2D eigenvalue weighted by Crippen LogP contribution is -2.22. The van der Waals surface area contributed by atoms with Gasteiger partial charge in [0.1, 0.15) is 12.1 Å². The Kier molecular flexibility index (Phi) is 7.68. The third-order valence-electron chi connectivity index (χ3n) is 7.21. The minimum absolute atomic E-state index is 0.196. The van der Waals surface area contributed by atoms with Crippen LogP contribution in [0.3, 0.4) is 0 Å². The molecule has 0 radical (unpaired) electrons. The van der Waals surface area contributed by atoms with Crippen molar-refractivity contribution < 1.29 is 17.6 Å². The van der Waals surface area contributed by atoms with Crippen LogP contribution in [0.1, 0.15) is 40.2 Å². The highest BCUT2D eigenvalue weighted by atomic mass is 32.2. The summed E-state index contributed by atoms with van der Waals surface area (Å²) in [6, 6.07) is 18.9. The molecule has 0 aliphatic heterocycles.